The Hall–Kier alpha value is -3.67. The lowest BCUT2D eigenvalue weighted by molar-refractivity contribution is -0.130. The quantitative estimate of drug-likeness (QED) is 0.403. The van der Waals surface area contributed by atoms with Crippen LogP contribution in [-0.4, -0.2) is 39.6 Å². The normalized spacial score (nSPS) is 11.6. The Kier molecular flexibility index (Phi) is 8.63. The van der Waals surface area contributed by atoms with Gasteiger partial charge in [0.05, 0.1) is 11.4 Å². The number of nitrogens with one attached hydrogen (secondary N) is 1. The molecule has 3 aromatic rings. The van der Waals surface area contributed by atoms with Gasteiger partial charge >= 0.3 is 0 Å². The van der Waals surface area contributed by atoms with Crippen LogP contribution in [0.5, 0.6) is 0 Å². The molecule has 2 amide bonds. The topological polar surface area (TPSA) is 67.2 Å². The van der Waals surface area contributed by atoms with Crippen LogP contribution in [0.25, 0.3) is 11.8 Å². The molecule has 0 unspecified atom stereocenters. The van der Waals surface area contributed by atoms with E-state index in [0.717, 1.165) is 35.3 Å². The van der Waals surface area contributed by atoms with Gasteiger partial charge in [-0.25, -0.2) is 4.68 Å². The number of nitrogens with zero attached hydrogens (tertiary/aromatic N) is 3. The molecule has 3 rings (SSSR count). The van der Waals surface area contributed by atoms with Gasteiger partial charge in [0.2, 0.25) is 11.8 Å². The Morgan fingerprint density at radius 3 is 2.37 bits per heavy atom. The van der Waals surface area contributed by atoms with E-state index < -0.39 is 0 Å². The standard InChI is InChI=1S/C29H36N4O2/c1-6-7-19-32(28(35)18-15-23-11-9-8-10-12-23)21-27(34)30-26-20-25(29(3,4)5)31-33(26)24-16-13-22(2)14-17-24/h8-18,20H,6-7,19,21H2,1-5H3,(H,30,34). The van der Waals surface area contributed by atoms with Crippen molar-refractivity contribution in [1.82, 2.24) is 14.7 Å². The highest BCUT2D eigenvalue weighted by Gasteiger charge is 2.22. The van der Waals surface area contributed by atoms with Gasteiger partial charge in [-0.2, -0.15) is 5.10 Å². The Morgan fingerprint density at radius 1 is 1.06 bits per heavy atom. The van der Waals surface area contributed by atoms with E-state index in [4.69, 9.17) is 5.10 Å². The van der Waals surface area contributed by atoms with Crippen LogP contribution >= 0.6 is 0 Å². The average Bonchev–Trinajstić information content (AvgIpc) is 3.25. The van der Waals surface area contributed by atoms with Gasteiger partial charge in [0.1, 0.15) is 12.4 Å². The first-order valence-corrected chi connectivity index (χ1v) is 12.2. The number of amides is 2. The van der Waals surface area contributed by atoms with Gasteiger partial charge in [-0.15, -0.1) is 0 Å². The van der Waals surface area contributed by atoms with Crippen molar-refractivity contribution in [3.8, 4) is 5.69 Å². The smallest absolute Gasteiger partial charge is 0.247 e. The van der Waals surface area contributed by atoms with E-state index in [1.165, 1.54) is 6.08 Å². The van der Waals surface area contributed by atoms with E-state index in [1.54, 1.807) is 15.7 Å². The minimum Gasteiger partial charge on any atom is -0.330 e. The molecule has 0 atom stereocenters. The van der Waals surface area contributed by atoms with Gasteiger partial charge in [-0.3, -0.25) is 9.59 Å². The van der Waals surface area contributed by atoms with Crippen LogP contribution in [0.2, 0.25) is 0 Å². The summed E-state index contributed by atoms with van der Waals surface area (Å²) in [4.78, 5) is 27.6. The number of unbranched alkanes of at least 4 members (excludes halogenated alkanes) is 1. The van der Waals surface area contributed by atoms with Crippen molar-refractivity contribution in [3.63, 3.8) is 0 Å². The maximum Gasteiger partial charge on any atom is 0.247 e. The molecule has 1 N–H and O–H groups in total. The third-order valence-electron chi connectivity index (χ3n) is 5.67. The molecule has 1 aromatic heterocycles. The van der Waals surface area contributed by atoms with Crippen molar-refractivity contribution < 1.29 is 9.59 Å². The van der Waals surface area contributed by atoms with E-state index >= 15 is 0 Å². The Balaban J connectivity index is 1.79. The van der Waals surface area contributed by atoms with Crippen LogP contribution in [0.1, 0.15) is 57.4 Å². The lowest BCUT2D eigenvalue weighted by Gasteiger charge is -2.20. The molecule has 6 heteroatoms. The first kappa shape index (κ1) is 25.9. The van der Waals surface area contributed by atoms with Crippen molar-refractivity contribution in [2.75, 3.05) is 18.4 Å². The van der Waals surface area contributed by atoms with Crippen molar-refractivity contribution in [3.05, 3.63) is 83.6 Å². The van der Waals surface area contributed by atoms with Crippen molar-refractivity contribution >= 4 is 23.7 Å². The lowest BCUT2D eigenvalue weighted by atomic mass is 9.92. The van der Waals surface area contributed by atoms with Gasteiger partial charge in [0, 0.05) is 24.1 Å². The highest BCUT2D eigenvalue weighted by atomic mass is 16.2. The number of rotatable bonds is 9. The van der Waals surface area contributed by atoms with E-state index in [1.807, 2.05) is 67.6 Å². The third-order valence-corrected chi connectivity index (χ3v) is 5.67. The van der Waals surface area contributed by atoms with E-state index in [0.29, 0.717) is 12.4 Å². The number of anilines is 1. The fourth-order valence-electron chi connectivity index (χ4n) is 3.53. The molecule has 1 heterocycles. The van der Waals surface area contributed by atoms with Crippen LogP contribution in [0.3, 0.4) is 0 Å². The molecule has 184 valence electrons. The van der Waals surface area contributed by atoms with Crippen molar-refractivity contribution in [1.29, 1.82) is 0 Å². The molecule has 0 aliphatic rings. The molecule has 2 aromatic carbocycles. The van der Waals surface area contributed by atoms with Crippen LogP contribution in [0.4, 0.5) is 5.82 Å². The second-order valence-corrected chi connectivity index (χ2v) is 9.82. The molecule has 0 spiro atoms. The lowest BCUT2D eigenvalue weighted by Crippen LogP contribution is -2.38. The van der Waals surface area contributed by atoms with E-state index in [9.17, 15) is 9.59 Å². The van der Waals surface area contributed by atoms with Crippen molar-refractivity contribution in [2.24, 2.45) is 0 Å². The maximum atomic E-state index is 13.1. The number of benzene rings is 2. The average molecular weight is 473 g/mol. The van der Waals surface area contributed by atoms with Gasteiger partial charge in [-0.1, -0.05) is 82.1 Å². The van der Waals surface area contributed by atoms with Gasteiger partial charge in [0.15, 0.2) is 0 Å². The minimum absolute atomic E-state index is 0.0259. The summed E-state index contributed by atoms with van der Waals surface area (Å²) in [5, 5.41) is 7.77. The monoisotopic (exact) mass is 472 g/mol. The fourth-order valence-corrected chi connectivity index (χ4v) is 3.53. The van der Waals surface area contributed by atoms with E-state index in [-0.39, 0.29) is 23.8 Å². The summed E-state index contributed by atoms with van der Waals surface area (Å²) >= 11 is 0. The highest BCUT2D eigenvalue weighted by molar-refractivity contribution is 5.97. The van der Waals surface area contributed by atoms with Crippen LogP contribution in [-0.2, 0) is 15.0 Å². The molecule has 0 radical (unpaired) electrons. The summed E-state index contributed by atoms with van der Waals surface area (Å²) in [5.74, 6) is 0.155. The van der Waals surface area contributed by atoms with E-state index in [2.05, 4.69) is 33.0 Å². The number of carbonyl (C=O) groups is 2. The summed E-state index contributed by atoms with van der Waals surface area (Å²) < 4.78 is 1.76. The highest BCUT2D eigenvalue weighted by Crippen LogP contribution is 2.26. The summed E-state index contributed by atoms with van der Waals surface area (Å²) in [6.07, 6.45) is 5.07. The van der Waals surface area contributed by atoms with Crippen LogP contribution in [0, 0.1) is 6.92 Å². The first-order valence-electron chi connectivity index (χ1n) is 12.2. The predicted molar refractivity (Wildman–Crippen MR) is 143 cm³/mol. The van der Waals surface area contributed by atoms with Crippen molar-refractivity contribution in [2.45, 2.75) is 52.9 Å². The van der Waals surface area contributed by atoms with Gasteiger partial charge in [0.25, 0.3) is 0 Å². The second kappa shape index (κ2) is 11.6. The fraction of sp³-hybridized carbons (Fsp3) is 0.345. The first-order chi connectivity index (χ1) is 16.7. The third kappa shape index (κ3) is 7.41. The Bertz CT molecular complexity index is 1160. The summed E-state index contributed by atoms with van der Waals surface area (Å²) in [5.41, 5.74) is 3.65. The molecule has 35 heavy (non-hydrogen) atoms. The molecular formula is C29H36N4O2. The molecule has 6 nitrogen and oxygen atoms in total. The van der Waals surface area contributed by atoms with Crippen LogP contribution < -0.4 is 5.32 Å². The zero-order valence-electron chi connectivity index (χ0n) is 21.4. The summed E-state index contributed by atoms with van der Waals surface area (Å²) in [6, 6.07) is 19.6. The SMILES string of the molecule is CCCCN(CC(=O)Nc1cc(C(C)(C)C)nn1-c1ccc(C)cc1)C(=O)C=Cc1ccccc1. The second-order valence-electron chi connectivity index (χ2n) is 9.82. The maximum absolute atomic E-state index is 13.1. The minimum atomic E-state index is -0.253. The molecule has 0 bridgehead atoms. The molecular weight excluding hydrogens is 436 g/mol. The molecule has 0 aliphatic heterocycles. The zero-order valence-corrected chi connectivity index (χ0v) is 21.4. The largest absolute Gasteiger partial charge is 0.330 e. The molecule has 0 aliphatic carbocycles. The Labute approximate surface area is 208 Å². The zero-order chi connectivity index (χ0) is 25.4. The predicted octanol–water partition coefficient (Wildman–Crippen LogP) is 5.76. The Morgan fingerprint density at radius 2 is 1.74 bits per heavy atom. The number of hydrogen-bond donors (Lipinski definition) is 1. The summed E-state index contributed by atoms with van der Waals surface area (Å²) in [7, 11) is 0. The number of aryl methyl sites for hydroxylation is 1. The molecule has 0 fully saturated rings. The van der Waals surface area contributed by atoms with Crippen LogP contribution in [0.15, 0.2) is 66.7 Å². The molecule has 0 saturated heterocycles. The number of carbonyl (C=O) groups excluding carboxylic acids is 2. The number of aromatic nitrogens is 2. The summed E-state index contributed by atoms with van der Waals surface area (Å²) in [6.45, 7) is 10.9. The molecule has 0 saturated carbocycles. The van der Waals surface area contributed by atoms with Gasteiger partial charge < -0.3 is 10.2 Å². The number of hydrogen-bond acceptors (Lipinski definition) is 3. The van der Waals surface area contributed by atoms with Gasteiger partial charge in [-0.05, 0) is 37.1 Å².